The lowest BCUT2D eigenvalue weighted by molar-refractivity contribution is -0.0182. The van der Waals surface area contributed by atoms with Crippen molar-refractivity contribution >= 4 is 16.3 Å². The molecular formula is C13H20N4O2S. The topological polar surface area (TPSA) is 51.0 Å². The van der Waals surface area contributed by atoms with Crippen molar-refractivity contribution in [3.8, 4) is 5.88 Å². The SMILES string of the molecule is COc1nc2sccn2c1CNCC1CN(C)CCO1. The fourth-order valence-electron chi connectivity index (χ4n) is 2.48. The van der Waals surface area contributed by atoms with Crippen molar-refractivity contribution in [2.24, 2.45) is 0 Å². The molecule has 1 aliphatic rings. The molecule has 0 saturated carbocycles. The Balaban J connectivity index is 1.60. The molecular weight excluding hydrogens is 276 g/mol. The number of ether oxygens (including phenoxy) is 2. The highest BCUT2D eigenvalue weighted by Crippen LogP contribution is 2.22. The molecule has 2 aromatic heterocycles. The van der Waals surface area contributed by atoms with E-state index < -0.39 is 0 Å². The number of aromatic nitrogens is 2. The van der Waals surface area contributed by atoms with Crippen molar-refractivity contribution in [2.75, 3.05) is 40.4 Å². The maximum atomic E-state index is 5.74. The lowest BCUT2D eigenvalue weighted by Gasteiger charge is -2.30. The maximum Gasteiger partial charge on any atom is 0.237 e. The van der Waals surface area contributed by atoms with Gasteiger partial charge in [-0.3, -0.25) is 4.40 Å². The van der Waals surface area contributed by atoms with Gasteiger partial charge in [0, 0.05) is 37.8 Å². The van der Waals surface area contributed by atoms with E-state index >= 15 is 0 Å². The van der Waals surface area contributed by atoms with Gasteiger partial charge in [0.2, 0.25) is 5.88 Å². The molecule has 2 aromatic rings. The van der Waals surface area contributed by atoms with E-state index in [4.69, 9.17) is 9.47 Å². The summed E-state index contributed by atoms with van der Waals surface area (Å²) in [5.41, 5.74) is 1.06. The summed E-state index contributed by atoms with van der Waals surface area (Å²) >= 11 is 1.61. The van der Waals surface area contributed by atoms with Crippen molar-refractivity contribution in [1.29, 1.82) is 0 Å². The van der Waals surface area contributed by atoms with Crippen molar-refractivity contribution in [3.05, 3.63) is 17.3 Å². The first-order valence-corrected chi connectivity index (χ1v) is 7.65. The first-order chi connectivity index (χ1) is 9.78. The number of hydrogen-bond donors (Lipinski definition) is 1. The minimum absolute atomic E-state index is 0.255. The second-order valence-corrected chi connectivity index (χ2v) is 5.88. The zero-order chi connectivity index (χ0) is 13.9. The molecule has 0 aliphatic carbocycles. The first-order valence-electron chi connectivity index (χ1n) is 6.77. The van der Waals surface area contributed by atoms with E-state index in [9.17, 15) is 0 Å². The van der Waals surface area contributed by atoms with Gasteiger partial charge < -0.3 is 19.7 Å². The number of likely N-dealkylation sites (N-methyl/N-ethyl adjacent to an activating group) is 1. The fraction of sp³-hybridized carbons (Fsp3) is 0.615. The number of morpholine rings is 1. The Morgan fingerprint density at radius 1 is 1.60 bits per heavy atom. The summed E-state index contributed by atoms with van der Waals surface area (Å²) in [7, 11) is 3.79. The molecule has 3 rings (SSSR count). The van der Waals surface area contributed by atoms with Gasteiger partial charge in [0.1, 0.15) is 5.69 Å². The van der Waals surface area contributed by atoms with Crippen LogP contribution in [0.15, 0.2) is 11.6 Å². The van der Waals surface area contributed by atoms with E-state index in [1.165, 1.54) is 0 Å². The highest BCUT2D eigenvalue weighted by Gasteiger charge is 2.18. The highest BCUT2D eigenvalue weighted by molar-refractivity contribution is 7.15. The summed E-state index contributed by atoms with van der Waals surface area (Å²) in [5.74, 6) is 0.700. The van der Waals surface area contributed by atoms with Crippen LogP contribution in [-0.4, -0.2) is 60.8 Å². The standard InChI is InChI=1S/C13H20N4O2S/c1-16-3-5-19-10(9-16)7-14-8-11-12(18-2)15-13-17(11)4-6-20-13/h4,6,10,14H,3,5,7-9H2,1-2H3. The molecule has 1 unspecified atom stereocenters. The second-order valence-electron chi connectivity index (χ2n) is 5.01. The molecule has 0 bridgehead atoms. The Morgan fingerprint density at radius 3 is 3.30 bits per heavy atom. The second kappa shape index (κ2) is 6.09. The van der Waals surface area contributed by atoms with E-state index in [1.807, 2.05) is 11.6 Å². The van der Waals surface area contributed by atoms with Gasteiger partial charge in [0.05, 0.1) is 19.8 Å². The molecule has 20 heavy (non-hydrogen) atoms. The zero-order valence-corrected chi connectivity index (χ0v) is 12.7. The number of fused-ring (bicyclic) bond motifs is 1. The predicted octanol–water partition coefficient (Wildman–Crippen LogP) is 0.825. The molecule has 6 nitrogen and oxygen atoms in total. The lowest BCUT2D eigenvalue weighted by Crippen LogP contribution is -2.44. The van der Waals surface area contributed by atoms with Crippen LogP contribution in [0.25, 0.3) is 4.96 Å². The van der Waals surface area contributed by atoms with Crippen molar-refractivity contribution in [3.63, 3.8) is 0 Å². The molecule has 0 aromatic carbocycles. The number of imidazole rings is 1. The van der Waals surface area contributed by atoms with E-state index in [0.29, 0.717) is 5.88 Å². The molecule has 1 aliphatic heterocycles. The van der Waals surface area contributed by atoms with Crippen LogP contribution in [0.3, 0.4) is 0 Å². The predicted molar refractivity (Wildman–Crippen MR) is 78.6 cm³/mol. The van der Waals surface area contributed by atoms with Crippen molar-refractivity contribution < 1.29 is 9.47 Å². The Kier molecular flexibility index (Phi) is 4.21. The van der Waals surface area contributed by atoms with Crippen molar-refractivity contribution in [1.82, 2.24) is 19.6 Å². The quantitative estimate of drug-likeness (QED) is 0.885. The van der Waals surface area contributed by atoms with E-state index in [1.54, 1.807) is 18.4 Å². The fourth-order valence-corrected chi connectivity index (χ4v) is 3.20. The van der Waals surface area contributed by atoms with Crippen molar-refractivity contribution in [2.45, 2.75) is 12.6 Å². The van der Waals surface area contributed by atoms with Crippen LogP contribution in [-0.2, 0) is 11.3 Å². The van der Waals surface area contributed by atoms with Gasteiger partial charge in [0.15, 0.2) is 4.96 Å². The Bertz CT molecular complexity index is 568. The van der Waals surface area contributed by atoms with Gasteiger partial charge in [-0.25, -0.2) is 0 Å². The molecule has 1 N–H and O–H groups in total. The molecule has 110 valence electrons. The van der Waals surface area contributed by atoms with Gasteiger partial charge in [-0.15, -0.1) is 11.3 Å². The summed E-state index contributed by atoms with van der Waals surface area (Å²) in [6, 6.07) is 0. The minimum atomic E-state index is 0.255. The average molecular weight is 296 g/mol. The van der Waals surface area contributed by atoms with Gasteiger partial charge in [0.25, 0.3) is 0 Å². The molecule has 7 heteroatoms. The summed E-state index contributed by atoms with van der Waals surface area (Å²) in [6.07, 6.45) is 2.28. The zero-order valence-electron chi connectivity index (χ0n) is 11.8. The molecule has 1 atom stereocenters. The third-order valence-electron chi connectivity index (χ3n) is 3.52. The van der Waals surface area contributed by atoms with E-state index in [0.717, 1.165) is 43.4 Å². The Hall–Kier alpha value is -1.15. The van der Waals surface area contributed by atoms with E-state index in [-0.39, 0.29) is 6.10 Å². The first kappa shape index (κ1) is 13.8. The third kappa shape index (κ3) is 2.80. The molecule has 0 radical (unpaired) electrons. The molecule has 0 amide bonds. The number of nitrogens with zero attached hydrogens (tertiary/aromatic N) is 3. The summed E-state index contributed by atoms with van der Waals surface area (Å²) in [4.78, 5) is 7.71. The number of rotatable bonds is 5. The highest BCUT2D eigenvalue weighted by atomic mass is 32.1. The van der Waals surface area contributed by atoms with E-state index in [2.05, 4.69) is 26.6 Å². The normalized spacial score (nSPS) is 20.6. The lowest BCUT2D eigenvalue weighted by atomic mass is 10.3. The largest absolute Gasteiger partial charge is 0.480 e. The molecule has 3 heterocycles. The number of methoxy groups -OCH3 is 1. The van der Waals surface area contributed by atoms with Gasteiger partial charge >= 0.3 is 0 Å². The smallest absolute Gasteiger partial charge is 0.237 e. The van der Waals surface area contributed by atoms with Crippen LogP contribution in [0.2, 0.25) is 0 Å². The Morgan fingerprint density at radius 2 is 2.50 bits per heavy atom. The summed E-state index contributed by atoms with van der Waals surface area (Å²) < 4.78 is 13.2. The van der Waals surface area contributed by atoms with Crippen LogP contribution >= 0.6 is 11.3 Å². The van der Waals surface area contributed by atoms with Crippen LogP contribution in [0, 0.1) is 0 Å². The number of nitrogens with one attached hydrogen (secondary N) is 1. The summed E-state index contributed by atoms with van der Waals surface area (Å²) in [5, 5.41) is 5.48. The maximum absolute atomic E-state index is 5.74. The van der Waals surface area contributed by atoms with Crippen LogP contribution in [0.5, 0.6) is 5.88 Å². The molecule has 0 spiro atoms. The van der Waals surface area contributed by atoms with Crippen LogP contribution < -0.4 is 10.1 Å². The number of hydrogen-bond acceptors (Lipinski definition) is 6. The molecule has 1 fully saturated rings. The monoisotopic (exact) mass is 296 g/mol. The third-order valence-corrected chi connectivity index (χ3v) is 4.28. The summed E-state index contributed by atoms with van der Waals surface area (Å²) in [6.45, 7) is 4.37. The number of thiazole rings is 1. The van der Waals surface area contributed by atoms with Crippen LogP contribution in [0.1, 0.15) is 5.69 Å². The molecule has 1 saturated heterocycles. The minimum Gasteiger partial charge on any atom is -0.480 e. The van der Waals surface area contributed by atoms with Gasteiger partial charge in [-0.05, 0) is 7.05 Å². The van der Waals surface area contributed by atoms with Gasteiger partial charge in [-0.1, -0.05) is 0 Å². The average Bonchev–Trinajstić information content (AvgIpc) is 3.00. The van der Waals surface area contributed by atoms with Gasteiger partial charge in [-0.2, -0.15) is 4.98 Å². The Labute approximate surface area is 122 Å². The van der Waals surface area contributed by atoms with Crippen LogP contribution in [0.4, 0.5) is 0 Å².